The minimum atomic E-state index is -3.18. The number of para-hydroxylation sites is 1. The van der Waals surface area contributed by atoms with Gasteiger partial charge in [-0.15, -0.1) is 0 Å². The molecule has 0 radical (unpaired) electrons. The van der Waals surface area contributed by atoms with Gasteiger partial charge in [-0.3, -0.25) is 0 Å². The summed E-state index contributed by atoms with van der Waals surface area (Å²) >= 11 is 0. The predicted octanol–water partition coefficient (Wildman–Crippen LogP) is 2.07. The number of hydrogen-bond donors (Lipinski definition) is 1. The third kappa shape index (κ3) is 3.03. The molecule has 1 saturated heterocycles. The minimum Gasteiger partial charge on any atom is -0.381 e. The highest BCUT2D eigenvalue weighted by molar-refractivity contribution is 7.91. The quantitative estimate of drug-likeness (QED) is 0.889. The molecule has 1 N–H and O–H groups in total. The molecule has 1 fully saturated rings. The van der Waals surface area contributed by atoms with Gasteiger partial charge in [0.05, 0.1) is 22.4 Å². The molecular formula is C13H19NO3S. The van der Waals surface area contributed by atoms with Crippen LogP contribution in [0.5, 0.6) is 0 Å². The monoisotopic (exact) mass is 269 g/mol. The number of nitrogens with one attached hydrogen (secondary N) is 1. The molecule has 0 spiro atoms. The van der Waals surface area contributed by atoms with E-state index in [4.69, 9.17) is 4.74 Å². The highest BCUT2D eigenvalue weighted by Gasteiger charge is 2.18. The van der Waals surface area contributed by atoms with Crippen molar-refractivity contribution in [2.75, 3.05) is 24.2 Å². The summed E-state index contributed by atoms with van der Waals surface area (Å²) in [5, 5.41) is 3.19. The van der Waals surface area contributed by atoms with Crippen molar-refractivity contribution in [2.24, 2.45) is 0 Å². The lowest BCUT2D eigenvalue weighted by atomic mass is 10.2. The van der Waals surface area contributed by atoms with Gasteiger partial charge in [0.25, 0.3) is 0 Å². The lowest BCUT2D eigenvalue weighted by Crippen LogP contribution is -2.19. The highest BCUT2D eigenvalue weighted by atomic mass is 32.2. The van der Waals surface area contributed by atoms with Crippen molar-refractivity contribution in [3.63, 3.8) is 0 Å². The van der Waals surface area contributed by atoms with E-state index in [9.17, 15) is 8.42 Å². The van der Waals surface area contributed by atoms with Crippen LogP contribution in [-0.4, -0.2) is 33.4 Å². The molecule has 0 aliphatic carbocycles. The van der Waals surface area contributed by atoms with Gasteiger partial charge in [-0.25, -0.2) is 8.42 Å². The Labute approximate surface area is 108 Å². The Bertz CT molecular complexity index is 493. The molecule has 2 rings (SSSR count). The summed E-state index contributed by atoms with van der Waals surface area (Å²) in [5.41, 5.74) is 0.676. The Kier molecular flexibility index (Phi) is 4.24. The summed E-state index contributed by atoms with van der Waals surface area (Å²) in [5.74, 6) is 0.117. The van der Waals surface area contributed by atoms with Crippen LogP contribution in [0.2, 0.25) is 0 Å². The first-order valence-corrected chi connectivity index (χ1v) is 7.96. The van der Waals surface area contributed by atoms with Crippen LogP contribution in [0.3, 0.4) is 0 Å². The van der Waals surface area contributed by atoms with Gasteiger partial charge in [-0.05, 0) is 25.0 Å². The van der Waals surface area contributed by atoms with Crippen LogP contribution in [0.1, 0.15) is 19.8 Å². The molecule has 5 heteroatoms. The summed E-state index contributed by atoms with van der Waals surface area (Å²) in [6.07, 6.45) is 2.32. The maximum Gasteiger partial charge on any atom is 0.180 e. The molecule has 100 valence electrons. The molecule has 0 amide bonds. The maximum atomic E-state index is 11.9. The molecule has 1 unspecified atom stereocenters. The molecule has 0 saturated carbocycles. The molecule has 0 aromatic heterocycles. The van der Waals surface area contributed by atoms with Crippen molar-refractivity contribution in [2.45, 2.75) is 30.8 Å². The van der Waals surface area contributed by atoms with Crippen molar-refractivity contribution < 1.29 is 13.2 Å². The average molecular weight is 269 g/mol. The second kappa shape index (κ2) is 5.71. The highest BCUT2D eigenvalue weighted by Crippen LogP contribution is 2.22. The Hall–Kier alpha value is -1.07. The zero-order valence-electron chi connectivity index (χ0n) is 10.6. The molecule has 1 aliphatic heterocycles. The number of hydrogen-bond acceptors (Lipinski definition) is 4. The van der Waals surface area contributed by atoms with E-state index in [2.05, 4.69) is 5.32 Å². The molecule has 1 atom stereocenters. The van der Waals surface area contributed by atoms with E-state index < -0.39 is 9.84 Å². The molecule has 0 bridgehead atoms. The smallest absolute Gasteiger partial charge is 0.180 e. The molecule has 18 heavy (non-hydrogen) atoms. The van der Waals surface area contributed by atoms with Crippen LogP contribution in [0.4, 0.5) is 5.69 Å². The topological polar surface area (TPSA) is 55.4 Å². The van der Waals surface area contributed by atoms with Crippen LogP contribution in [0.15, 0.2) is 29.2 Å². The van der Waals surface area contributed by atoms with Gasteiger partial charge < -0.3 is 10.1 Å². The number of sulfone groups is 1. The van der Waals surface area contributed by atoms with E-state index in [-0.39, 0.29) is 11.9 Å². The molecule has 1 heterocycles. The van der Waals surface area contributed by atoms with Crippen LogP contribution in [0, 0.1) is 0 Å². The zero-order valence-corrected chi connectivity index (χ0v) is 11.4. The Morgan fingerprint density at radius 3 is 2.83 bits per heavy atom. The fourth-order valence-corrected chi connectivity index (χ4v) is 3.14. The summed E-state index contributed by atoms with van der Waals surface area (Å²) in [4.78, 5) is 0.380. The van der Waals surface area contributed by atoms with Crippen LogP contribution >= 0.6 is 0 Å². The Morgan fingerprint density at radius 1 is 1.39 bits per heavy atom. The van der Waals surface area contributed by atoms with Crippen LogP contribution in [-0.2, 0) is 14.6 Å². The first-order chi connectivity index (χ1) is 8.63. The summed E-state index contributed by atoms with van der Waals surface area (Å²) < 4.78 is 29.4. The number of anilines is 1. The van der Waals surface area contributed by atoms with Gasteiger partial charge in [0, 0.05) is 13.2 Å². The van der Waals surface area contributed by atoms with Gasteiger partial charge in [-0.1, -0.05) is 19.1 Å². The molecule has 1 aromatic rings. The maximum absolute atomic E-state index is 11.9. The van der Waals surface area contributed by atoms with E-state index in [1.54, 1.807) is 25.1 Å². The van der Waals surface area contributed by atoms with Gasteiger partial charge in [-0.2, -0.15) is 0 Å². The second-order valence-electron chi connectivity index (χ2n) is 4.42. The normalized spacial score (nSPS) is 19.9. The second-order valence-corrected chi connectivity index (χ2v) is 6.66. The molecular weight excluding hydrogens is 250 g/mol. The largest absolute Gasteiger partial charge is 0.381 e. The van der Waals surface area contributed by atoms with Crippen molar-refractivity contribution >= 4 is 15.5 Å². The van der Waals surface area contributed by atoms with E-state index in [1.807, 2.05) is 6.07 Å². The van der Waals surface area contributed by atoms with Crippen molar-refractivity contribution in [3.05, 3.63) is 24.3 Å². The number of benzene rings is 1. The van der Waals surface area contributed by atoms with Gasteiger partial charge in [0.2, 0.25) is 0 Å². The fourth-order valence-electron chi connectivity index (χ4n) is 2.07. The number of ether oxygens (including phenoxy) is 1. The molecule has 4 nitrogen and oxygen atoms in total. The molecule has 1 aromatic carbocycles. The van der Waals surface area contributed by atoms with Gasteiger partial charge >= 0.3 is 0 Å². The Morgan fingerprint density at radius 2 is 2.17 bits per heavy atom. The average Bonchev–Trinajstić information content (AvgIpc) is 2.90. The van der Waals surface area contributed by atoms with Crippen molar-refractivity contribution in [1.82, 2.24) is 0 Å². The summed E-state index contributed by atoms with van der Waals surface area (Å²) in [7, 11) is -3.18. The standard InChI is InChI=1S/C13H19NO3S/c1-2-18(15,16)13-8-4-3-7-12(13)14-10-11-6-5-9-17-11/h3-4,7-8,11,14H,2,5-6,9-10H2,1H3. The van der Waals surface area contributed by atoms with Crippen LogP contribution in [0.25, 0.3) is 0 Å². The molecule has 1 aliphatic rings. The Balaban J connectivity index is 2.12. The van der Waals surface area contributed by atoms with Crippen molar-refractivity contribution in [3.8, 4) is 0 Å². The first kappa shape index (κ1) is 13.4. The SMILES string of the molecule is CCS(=O)(=O)c1ccccc1NCC1CCCO1. The number of rotatable bonds is 5. The fraction of sp³-hybridized carbons (Fsp3) is 0.538. The van der Waals surface area contributed by atoms with Crippen LogP contribution < -0.4 is 5.32 Å². The third-order valence-corrected chi connectivity index (χ3v) is 4.93. The predicted molar refractivity (Wildman–Crippen MR) is 71.6 cm³/mol. The minimum absolute atomic E-state index is 0.117. The first-order valence-electron chi connectivity index (χ1n) is 6.31. The lowest BCUT2D eigenvalue weighted by molar-refractivity contribution is 0.120. The van der Waals surface area contributed by atoms with E-state index in [0.29, 0.717) is 17.1 Å². The third-order valence-electron chi connectivity index (χ3n) is 3.15. The zero-order chi connectivity index (χ0) is 13.0. The van der Waals surface area contributed by atoms with E-state index in [0.717, 1.165) is 19.4 Å². The van der Waals surface area contributed by atoms with Crippen molar-refractivity contribution in [1.29, 1.82) is 0 Å². The van der Waals surface area contributed by atoms with Gasteiger partial charge in [0.1, 0.15) is 0 Å². The summed E-state index contributed by atoms with van der Waals surface area (Å²) in [6.45, 7) is 3.13. The van der Waals surface area contributed by atoms with E-state index >= 15 is 0 Å². The summed E-state index contributed by atoms with van der Waals surface area (Å²) in [6, 6.07) is 7.04. The lowest BCUT2D eigenvalue weighted by Gasteiger charge is -2.14. The van der Waals surface area contributed by atoms with Gasteiger partial charge in [0.15, 0.2) is 9.84 Å². The van der Waals surface area contributed by atoms with E-state index in [1.165, 1.54) is 0 Å².